The van der Waals surface area contributed by atoms with Gasteiger partial charge >= 0.3 is 0 Å². The van der Waals surface area contributed by atoms with E-state index in [-0.39, 0.29) is 0 Å². The van der Waals surface area contributed by atoms with Crippen LogP contribution in [0.2, 0.25) is 0 Å². The van der Waals surface area contributed by atoms with Crippen molar-refractivity contribution in [3.8, 4) is 6.07 Å². The highest BCUT2D eigenvalue weighted by Gasteiger charge is 2.34. The zero-order chi connectivity index (χ0) is 13.9. The Morgan fingerprint density at radius 3 is 2.80 bits per heavy atom. The van der Waals surface area contributed by atoms with Crippen molar-refractivity contribution in [2.75, 3.05) is 11.4 Å². The molecule has 1 aliphatic carbocycles. The summed E-state index contributed by atoms with van der Waals surface area (Å²) in [6.45, 7) is 1.04. The number of anilines is 1. The van der Waals surface area contributed by atoms with Gasteiger partial charge in [-0.3, -0.25) is 4.79 Å². The summed E-state index contributed by atoms with van der Waals surface area (Å²) in [5.74, 6) is 0.787. The molecule has 0 aromatic heterocycles. The summed E-state index contributed by atoms with van der Waals surface area (Å²) in [4.78, 5) is 13.3. The molecule has 1 saturated carbocycles. The van der Waals surface area contributed by atoms with Crippen LogP contribution >= 0.6 is 0 Å². The summed E-state index contributed by atoms with van der Waals surface area (Å²) in [7, 11) is 0. The number of carbonyl (C=O) groups excluding carboxylic acids is 1. The third-order valence-electron chi connectivity index (χ3n) is 4.83. The lowest BCUT2D eigenvalue weighted by Gasteiger charge is -2.45. The van der Waals surface area contributed by atoms with Gasteiger partial charge in [-0.15, -0.1) is 0 Å². The molecule has 3 rings (SSSR count). The summed E-state index contributed by atoms with van der Waals surface area (Å²) >= 11 is 0. The molecule has 1 heterocycles. The Hall–Kier alpha value is -1.82. The zero-order valence-corrected chi connectivity index (χ0v) is 11.7. The Labute approximate surface area is 120 Å². The van der Waals surface area contributed by atoms with E-state index in [1.54, 1.807) is 6.07 Å². The van der Waals surface area contributed by atoms with E-state index in [0.29, 0.717) is 17.2 Å². The van der Waals surface area contributed by atoms with Crippen molar-refractivity contribution in [2.24, 2.45) is 5.92 Å². The molecule has 2 fully saturated rings. The molecule has 20 heavy (non-hydrogen) atoms. The van der Waals surface area contributed by atoms with Crippen LogP contribution in [0.25, 0.3) is 0 Å². The highest BCUT2D eigenvalue weighted by molar-refractivity contribution is 5.78. The van der Waals surface area contributed by atoms with Crippen LogP contribution in [-0.2, 0) is 0 Å². The van der Waals surface area contributed by atoms with Gasteiger partial charge < -0.3 is 4.90 Å². The van der Waals surface area contributed by atoms with Gasteiger partial charge in [-0.25, -0.2) is 0 Å². The van der Waals surface area contributed by atoms with Gasteiger partial charge in [0.2, 0.25) is 0 Å². The first kappa shape index (κ1) is 13.2. The predicted molar refractivity (Wildman–Crippen MR) is 78.9 cm³/mol. The normalized spacial score (nSPS) is 25.6. The van der Waals surface area contributed by atoms with E-state index in [4.69, 9.17) is 0 Å². The van der Waals surface area contributed by atoms with Gasteiger partial charge in [-0.2, -0.15) is 5.26 Å². The van der Waals surface area contributed by atoms with Crippen LogP contribution in [0.5, 0.6) is 0 Å². The fourth-order valence-electron chi connectivity index (χ4n) is 3.89. The SMILES string of the molecule is N#Cc1cc(C=O)ccc1N1CCCC2CCCCC21. The molecule has 1 aliphatic heterocycles. The van der Waals surface area contributed by atoms with Crippen molar-refractivity contribution in [1.29, 1.82) is 5.26 Å². The van der Waals surface area contributed by atoms with E-state index in [9.17, 15) is 10.1 Å². The molecular weight excluding hydrogens is 248 g/mol. The van der Waals surface area contributed by atoms with Crippen molar-refractivity contribution >= 4 is 12.0 Å². The molecule has 3 heteroatoms. The minimum absolute atomic E-state index is 0.586. The first-order valence-corrected chi connectivity index (χ1v) is 7.59. The molecular formula is C17H20N2O. The number of nitrogens with zero attached hydrogens (tertiary/aromatic N) is 2. The van der Waals surface area contributed by atoms with Gasteiger partial charge in [0.05, 0.1) is 11.3 Å². The van der Waals surface area contributed by atoms with Crippen molar-refractivity contribution in [3.05, 3.63) is 29.3 Å². The lowest BCUT2D eigenvalue weighted by atomic mass is 9.78. The quantitative estimate of drug-likeness (QED) is 0.771. The van der Waals surface area contributed by atoms with Crippen LogP contribution in [0.15, 0.2) is 18.2 Å². The van der Waals surface area contributed by atoms with Gasteiger partial charge in [0, 0.05) is 18.2 Å². The minimum atomic E-state index is 0.586. The molecule has 0 amide bonds. The van der Waals surface area contributed by atoms with E-state index in [1.807, 2.05) is 12.1 Å². The van der Waals surface area contributed by atoms with Crippen molar-refractivity contribution < 1.29 is 4.79 Å². The van der Waals surface area contributed by atoms with E-state index < -0.39 is 0 Å². The van der Waals surface area contributed by atoms with E-state index in [2.05, 4.69) is 11.0 Å². The summed E-state index contributed by atoms with van der Waals surface area (Å²) < 4.78 is 0. The van der Waals surface area contributed by atoms with Crippen LogP contribution in [0.3, 0.4) is 0 Å². The maximum absolute atomic E-state index is 10.9. The summed E-state index contributed by atoms with van der Waals surface area (Å²) in [5.41, 5.74) is 2.25. The fourth-order valence-corrected chi connectivity index (χ4v) is 3.89. The Morgan fingerprint density at radius 1 is 1.20 bits per heavy atom. The van der Waals surface area contributed by atoms with Crippen LogP contribution in [0.4, 0.5) is 5.69 Å². The first-order valence-electron chi connectivity index (χ1n) is 7.59. The molecule has 1 saturated heterocycles. The smallest absolute Gasteiger partial charge is 0.150 e. The standard InChI is InChI=1S/C17H20N2O/c18-11-15-10-13(12-20)7-8-17(15)19-9-3-5-14-4-1-2-6-16(14)19/h7-8,10,12,14,16H,1-6,9H2. The lowest BCUT2D eigenvalue weighted by molar-refractivity contribution is 0.112. The molecule has 0 spiro atoms. The lowest BCUT2D eigenvalue weighted by Crippen LogP contribution is -2.47. The van der Waals surface area contributed by atoms with Crippen molar-refractivity contribution in [1.82, 2.24) is 0 Å². The number of carbonyl (C=O) groups is 1. The molecule has 1 aromatic carbocycles. The Bertz CT molecular complexity index is 544. The number of piperidine rings is 1. The summed E-state index contributed by atoms with van der Waals surface area (Å²) in [6, 6.07) is 8.36. The molecule has 2 unspecified atom stereocenters. The second-order valence-electron chi connectivity index (χ2n) is 5.95. The molecule has 3 nitrogen and oxygen atoms in total. The third kappa shape index (κ3) is 2.31. The van der Waals surface area contributed by atoms with Gasteiger partial charge in [0.25, 0.3) is 0 Å². The van der Waals surface area contributed by atoms with E-state index in [0.717, 1.165) is 24.4 Å². The van der Waals surface area contributed by atoms with E-state index >= 15 is 0 Å². The molecule has 1 aromatic rings. The van der Waals surface area contributed by atoms with Gasteiger partial charge in [0.1, 0.15) is 12.4 Å². The predicted octanol–water partition coefficient (Wildman–Crippen LogP) is 3.53. The Balaban J connectivity index is 1.95. The maximum Gasteiger partial charge on any atom is 0.150 e. The zero-order valence-electron chi connectivity index (χ0n) is 11.7. The van der Waals surface area contributed by atoms with Gasteiger partial charge in [0.15, 0.2) is 0 Å². The van der Waals surface area contributed by atoms with Crippen molar-refractivity contribution in [2.45, 2.75) is 44.6 Å². The average molecular weight is 268 g/mol. The fraction of sp³-hybridized carbons (Fsp3) is 0.529. The average Bonchev–Trinajstić information content (AvgIpc) is 2.53. The number of benzene rings is 1. The number of nitriles is 1. The highest BCUT2D eigenvalue weighted by atomic mass is 16.1. The Kier molecular flexibility index (Phi) is 3.73. The maximum atomic E-state index is 10.9. The number of fused-ring (bicyclic) bond motifs is 1. The van der Waals surface area contributed by atoms with Crippen LogP contribution in [0, 0.1) is 17.2 Å². The topological polar surface area (TPSA) is 44.1 Å². The van der Waals surface area contributed by atoms with Crippen LogP contribution < -0.4 is 4.90 Å². The molecule has 0 bridgehead atoms. The molecule has 0 N–H and O–H groups in total. The van der Waals surface area contributed by atoms with Gasteiger partial charge in [-0.1, -0.05) is 12.8 Å². The monoisotopic (exact) mass is 268 g/mol. The molecule has 0 radical (unpaired) electrons. The van der Waals surface area contributed by atoms with E-state index in [1.165, 1.54) is 38.5 Å². The third-order valence-corrected chi connectivity index (χ3v) is 4.83. The second-order valence-corrected chi connectivity index (χ2v) is 5.95. The number of rotatable bonds is 2. The minimum Gasteiger partial charge on any atom is -0.367 e. The second kappa shape index (κ2) is 5.66. The number of aldehydes is 1. The van der Waals surface area contributed by atoms with Crippen LogP contribution in [0.1, 0.15) is 54.4 Å². The highest BCUT2D eigenvalue weighted by Crippen LogP contribution is 2.38. The molecule has 104 valence electrons. The summed E-state index contributed by atoms with van der Waals surface area (Å²) in [5, 5.41) is 9.37. The molecule has 2 atom stereocenters. The van der Waals surface area contributed by atoms with Crippen molar-refractivity contribution in [3.63, 3.8) is 0 Å². The Morgan fingerprint density at radius 2 is 2.00 bits per heavy atom. The summed E-state index contributed by atoms with van der Waals surface area (Å²) in [6.07, 6.45) is 8.57. The first-order chi connectivity index (χ1) is 9.83. The van der Waals surface area contributed by atoms with Crippen LogP contribution in [-0.4, -0.2) is 18.9 Å². The van der Waals surface area contributed by atoms with Gasteiger partial charge in [-0.05, 0) is 49.8 Å². The number of hydrogen-bond acceptors (Lipinski definition) is 3. The molecule has 2 aliphatic rings. The largest absolute Gasteiger partial charge is 0.367 e. The number of hydrogen-bond donors (Lipinski definition) is 0.